The summed E-state index contributed by atoms with van der Waals surface area (Å²) in [7, 11) is -1.95. The Morgan fingerprint density at radius 3 is 2.71 bits per heavy atom. The van der Waals surface area contributed by atoms with E-state index in [4.69, 9.17) is 0 Å². The van der Waals surface area contributed by atoms with Crippen molar-refractivity contribution in [2.45, 2.75) is 18.4 Å². The molecule has 4 nitrogen and oxygen atoms in total. The Kier molecular flexibility index (Phi) is 5.03. The third-order valence-electron chi connectivity index (χ3n) is 2.77. The number of hydrogen-bond donors (Lipinski definition) is 2. The Hall–Kier alpha value is -0.960. The maximum Gasteiger partial charge on any atom is 0.263 e. The van der Waals surface area contributed by atoms with Crippen molar-refractivity contribution in [1.82, 2.24) is 5.32 Å². The van der Waals surface area contributed by atoms with Crippen LogP contribution in [0.2, 0.25) is 0 Å². The molecule has 0 atom stereocenters. The Morgan fingerprint density at radius 1 is 1.38 bits per heavy atom. The number of benzene rings is 1. The molecule has 0 unspecified atom stereocenters. The second-order valence-electron chi connectivity index (χ2n) is 4.44. The molecule has 21 heavy (non-hydrogen) atoms. The highest BCUT2D eigenvalue weighted by Gasteiger charge is 2.23. The van der Waals surface area contributed by atoms with Gasteiger partial charge in [-0.25, -0.2) is 12.8 Å². The molecule has 2 aromatic rings. The monoisotopic (exact) mass is 392 g/mol. The van der Waals surface area contributed by atoms with Gasteiger partial charge in [0.2, 0.25) is 0 Å². The Labute approximate surface area is 135 Å². The minimum absolute atomic E-state index is 0.209. The molecule has 0 fully saturated rings. The van der Waals surface area contributed by atoms with Gasteiger partial charge >= 0.3 is 0 Å². The van der Waals surface area contributed by atoms with Crippen LogP contribution in [0.25, 0.3) is 0 Å². The van der Waals surface area contributed by atoms with Crippen molar-refractivity contribution in [3.63, 3.8) is 0 Å². The van der Waals surface area contributed by atoms with E-state index in [9.17, 15) is 12.8 Å². The number of sulfonamides is 1. The fourth-order valence-electron chi connectivity index (χ4n) is 1.90. The lowest BCUT2D eigenvalue weighted by molar-refractivity contribution is 0.599. The Morgan fingerprint density at radius 2 is 2.10 bits per heavy atom. The van der Waals surface area contributed by atoms with Gasteiger partial charge in [-0.15, -0.1) is 11.3 Å². The zero-order valence-corrected chi connectivity index (χ0v) is 14.6. The van der Waals surface area contributed by atoms with Crippen molar-refractivity contribution >= 4 is 43.0 Å². The van der Waals surface area contributed by atoms with Crippen LogP contribution in [0, 0.1) is 12.7 Å². The molecule has 114 valence electrons. The highest BCUT2D eigenvalue weighted by atomic mass is 79.9. The lowest BCUT2D eigenvalue weighted by Crippen LogP contribution is -2.16. The molecule has 2 rings (SSSR count). The summed E-state index contributed by atoms with van der Waals surface area (Å²) < 4.78 is 41.0. The summed E-state index contributed by atoms with van der Waals surface area (Å²) in [5.74, 6) is -0.444. The van der Waals surface area contributed by atoms with Gasteiger partial charge in [-0.1, -0.05) is 0 Å². The van der Waals surface area contributed by atoms with Gasteiger partial charge in [-0.05, 0) is 59.0 Å². The molecule has 0 radical (unpaired) electrons. The highest BCUT2D eigenvalue weighted by molar-refractivity contribution is 9.10. The van der Waals surface area contributed by atoms with Crippen LogP contribution in [0.15, 0.2) is 32.9 Å². The van der Waals surface area contributed by atoms with E-state index in [-0.39, 0.29) is 9.37 Å². The molecule has 0 bridgehead atoms. The maximum atomic E-state index is 13.2. The van der Waals surface area contributed by atoms with E-state index in [2.05, 4.69) is 26.0 Å². The van der Waals surface area contributed by atoms with E-state index >= 15 is 0 Å². The normalized spacial score (nSPS) is 11.6. The maximum absolute atomic E-state index is 13.2. The van der Waals surface area contributed by atoms with Crippen LogP contribution >= 0.6 is 27.3 Å². The van der Waals surface area contributed by atoms with Crippen molar-refractivity contribution < 1.29 is 12.8 Å². The molecule has 0 amide bonds. The summed E-state index contributed by atoms with van der Waals surface area (Å²) in [5.41, 5.74) is 1.00. The van der Waals surface area contributed by atoms with Crippen LogP contribution in [0.3, 0.4) is 0 Å². The van der Waals surface area contributed by atoms with Crippen molar-refractivity contribution in [1.29, 1.82) is 0 Å². The molecule has 1 aromatic heterocycles. The van der Waals surface area contributed by atoms with Gasteiger partial charge in [0.15, 0.2) is 0 Å². The number of aryl methyl sites for hydroxylation is 1. The minimum Gasteiger partial charge on any atom is -0.315 e. The van der Waals surface area contributed by atoms with E-state index in [1.54, 1.807) is 14.0 Å². The molecule has 1 aromatic carbocycles. The first-order chi connectivity index (χ1) is 9.85. The quantitative estimate of drug-likeness (QED) is 0.818. The SMILES string of the molecule is CNCc1scc(C)c1S(=O)(=O)Nc1ccc(F)c(Br)c1. The van der Waals surface area contributed by atoms with Crippen LogP contribution in [-0.2, 0) is 16.6 Å². The van der Waals surface area contributed by atoms with E-state index in [1.165, 1.54) is 29.5 Å². The second kappa shape index (κ2) is 6.43. The van der Waals surface area contributed by atoms with E-state index in [0.717, 1.165) is 4.88 Å². The summed E-state index contributed by atoms with van der Waals surface area (Å²) in [6, 6.07) is 3.99. The zero-order valence-electron chi connectivity index (χ0n) is 11.4. The van der Waals surface area contributed by atoms with E-state index in [0.29, 0.717) is 17.8 Å². The zero-order chi connectivity index (χ0) is 15.6. The average molecular weight is 393 g/mol. The molecule has 8 heteroatoms. The summed E-state index contributed by atoms with van der Waals surface area (Å²) in [5, 5.41) is 4.76. The number of anilines is 1. The van der Waals surface area contributed by atoms with Crippen molar-refractivity contribution in [2.24, 2.45) is 0 Å². The third-order valence-corrected chi connectivity index (χ3v) is 6.22. The van der Waals surface area contributed by atoms with E-state index < -0.39 is 15.8 Å². The number of thiophene rings is 1. The largest absolute Gasteiger partial charge is 0.315 e. The van der Waals surface area contributed by atoms with Gasteiger partial charge in [0.1, 0.15) is 10.7 Å². The van der Waals surface area contributed by atoms with Crippen molar-refractivity contribution in [3.8, 4) is 0 Å². The fourth-order valence-corrected chi connectivity index (χ4v) is 5.15. The lowest BCUT2D eigenvalue weighted by atomic mass is 10.3. The van der Waals surface area contributed by atoms with Crippen LogP contribution in [0.4, 0.5) is 10.1 Å². The molecular formula is C13H14BrFN2O2S2. The molecule has 0 spiro atoms. The molecule has 0 saturated carbocycles. The number of hydrogen-bond acceptors (Lipinski definition) is 4. The predicted molar refractivity (Wildman–Crippen MR) is 86.7 cm³/mol. The molecule has 2 N–H and O–H groups in total. The molecule has 1 heterocycles. The van der Waals surface area contributed by atoms with Crippen molar-refractivity contribution in [2.75, 3.05) is 11.8 Å². The first-order valence-corrected chi connectivity index (χ1v) is 9.20. The Bertz CT molecular complexity index is 760. The Balaban J connectivity index is 2.38. The van der Waals surface area contributed by atoms with Gasteiger partial charge in [-0.2, -0.15) is 0 Å². The van der Waals surface area contributed by atoms with Crippen molar-refractivity contribution in [3.05, 3.63) is 44.3 Å². The highest BCUT2D eigenvalue weighted by Crippen LogP contribution is 2.29. The van der Waals surface area contributed by atoms with Crippen LogP contribution in [0.5, 0.6) is 0 Å². The van der Waals surface area contributed by atoms with Gasteiger partial charge in [0.25, 0.3) is 10.0 Å². The number of halogens is 2. The average Bonchev–Trinajstić information content (AvgIpc) is 2.76. The molecule has 0 aliphatic carbocycles. The summed E-state index contributed by atoms with van der Waals surface area (Å²) >= 11 is 4.43. The fraction of sp³-hybridized carbons (Fsp3) is 0.231. The van der Waals surface area contributed by atoms with Gasteiger partial charge in [-0.3, -0.25) is 4.72 Å². The van der Waals surface area contributed by atoms with Gasteiger partial charge in [0.05, 0.1) is 10.2 Å². The van der Waals surface area contributed by atoms with Gasteiger partial charge < -0.3 is 5.32 Å². The smallest absolute Gasteiger partial charge is 0.263 e. The molecule has 0 aliphatic heterocycles. The van der Waals surface area contributed by atoms with Crippen LogP contribution in [0.1, 0.15) is 10.4 Å². The summed E-state index contributed by atoms with van der Waals surface area (Å²) in [4.78, 5) is 1.02. The van der Waals surface area contributed by atoms with Gasteiger partial charge in [0, 0.05) is 11.4 Å². The molecule has 0 saturated heterocycles. The van der Waals surface area contributed by atoms with E-state index in [1.807, 2.05) is 5.38 Å². The minimum atomic E-state index is -3.71. The summed E-state index contributed by atoms with van der Waals surface area (Å²) in [6.45, 7) is 2.23. The predicted octanol–water partition coefficient (Wildman–Crippen LogP) is 3.48. The standard InChI is InChI=1S/C13H14BrFN2O2S2/c1-8-7-20-12(6-16-2)13(8)21(18,19)17-9-3-4-11(15)10(14)5-9/h3-5,7,16-17H,6H2,1-2H3. The molecular weight excluding hydrogens is 379 g/mol. The van der Waals surface area contributed by atoms with Crippen LogP contribution < -0.4 is 10.0 Å². The third kappa shape index (κ3) is 3.63. The topological polar surface area (TPSA) is 58.2 Å². The lowest BCUT2D eigenvalue weighted by Gasteiger charge is -2.10. The summed E-state index contributed by atoms with van der Waals surface area (Å²) in [6.07, 6.45) is 0. The first kappa shape index (κ1) is 16.4. The number of nitrogens with one attached hydrogen (secondary N) is 2. The number of rotatable bonds is 5. The molecule has 0 aliphatic rings. The first-order valence-electron chi connectivity index (χ1n) is 6.04. The van der Waals surface area contributed by atoms with Crippen LogP contribution in [-0.4, -0.2) is 15.5 Å². The second-order valence-corrected chi connectivity index (χ2v) is 7.87.